The normalized spacial score (nSPS) is 16.9. The molecule has 1 N–H and O–H groups in total. The summed E-state index contributed by atoms with van der Waals surface area (Å²) in [6.45, 7) is 6.49. The van der Waals surface area contributed by atoms with Gasteiger partial charge >= 0.3 is 0 Å². The van der Waals surface area contributed by atoms with Gasteiger partial charge in [-0.2, -0.15) is 0 Å². The Labute approximate surface area is 124 Å². The summed E-state index contributed by atoms with van der Waals surface area (Å²) in [7, 11) is 0. The second kappa shape index (κ2) is 7.20. The van der Waals surface area contributed by atoms with E-state index in [0.717, 1.165) is 37.3 Å². The first-order chi connectivity index (χ1) is 9.63. The largest absolute Gasteiger partial charge is 0.394 e. The third kappa shape index (κ3) is 3.59. The molecule has 2 heterocycles. The highest BCUT2D eigenvalue weighted by Crippen LogP contribution is 2.32. The molecule has 0 aromatic carbocycles. The van der Waals surface area contributed by atoms with Gasteiger partial charge in [-0.05, 0) is 18.8 Å². The monoisotopic (exact) mass is 299 g/mol. The van der Waals surface area contributed by atoms with E-state index in [9.17, 15) is 0 Å². The van der Waals surface area contributed by atoms with Gasteiger partial charge in [0, 0.05) is 18.7 Å². The minimum absolute atomic E-state index is 0.0826. The van der Waals surface area contributed by atoms with E-state index in [2.05, 4.69) is 28.7 Å². The number of nitrogens with zero attached hydrogens (tertiary/aromatic N) is 3. The Bertz CT molecular complexity index is 434. The average molecular weight is 300 g/mol. The van der Waals surface area contributed by atoms with Crippen LogP contribution >= 0.6 is 11.6 Å². The molecule has 1 aromatic rings. The van der Waals surface area contributed by atoms with Gasteiger partial charge in [0.1, 0.15) is 17.3 Å². The van der Waals surface area contributed by atoms with E-state index in [1.54, 1.807) is 0 Å². The van der Waals surface area contributed by atoms with Crippen LogP contribution in [0.5, 0.6) is 0 Å². The van der Waals surface area contributed by atoms with E-state index in [1.807, 2.05) is 0 Å². The van der Waals surface area contributed by atoms with Crippen molar-refractivity contribution in [2.24, 2.45) is 0 Å². The summed E-state index contributed by atoms with van der Waals surface area (Å²) in [5, 5.41) is 9.33. The smallest absolute Gasteiger partial charge is 0.138 e. The summed E-state index contributed by atoms with van der Waals surface area (Å²) >= 11 is 6.21. The highest BCUT2D eigenvalue weighted by molar-refractivity contribution is 6.30. The molecule has 0 aliphatic carbocycles. The van der Waals surface area contributed by atoms with Crippen LogP contribution in [0.4, 0.5) is 5.82 Å². The van der Waals surface area contributed by atoms with Crippen LogP contribution in [0.15, 0.2) is 6.33 Å². The number of anilines is 1. The van der Waals surface area contributed by atoms with Crippen LogP contribution < -0.4 is 4.90 Å². The number of piperidine rings is 1. The molecule has 112 valence electrons. The minimum Gasteiger partial charge on any atom is -0.394 e. The van der Waals surface area contributed by atoms with Crippen LogP contribution in [-0.2, 0) is 4.74 Å². The third-order valence-electron chi connectivity index (χ3n) is 3.58. The Morgan fingerprint density at radius 2 is 2.10 bits per heavy atom. The van der Waals surface area contributed by atoms with E-state index in [-0.39, 0.29) is 12.7 Å². The van der Waals surface area contributed by atoms with Crippen molar-refractivity contribution in [1.82, 2.24) is 9.97 Å². The van der Waals surface area contributed by atoms with Crippen molar-refractivity contribution < 1.29 is 9.84 Å². The Balaban J connectivity index is 2.05. The summed E-state index contributed by atoms with van der Waals surface area (Å²) in [6.07, 6.45) is 3.65. The SMILES string of the molecule is CC(C)c1c(Cl)ncnc1N1CCC(OCCO)CC1. The van der Waals surface area contributed by atoms with E-state index >= 15 is 0 Å². The summed E-state index contributed by atoms with van der Waals surface area (Å²) in [4.78, 5) is 10.8. The zero-order valence-corrected chi connectivity index (χ0v) is 12.8. The zero-order chi connectivity index (χ0) is 14.5. The maximum Gasteiger partial charge on any atom is 0.138 e. The van der Waals surface area contributed by atoms with E-state index < -0.39 is 0 Å². The van der Waals surface area contributed by atoms with Gasteiger partial charge in [0.2, 0.25) is 0 Å². The first kappa shape index (κ1) is 15.5. The van der Waals surface area contributed by atoms with Crippen LogP contribution in [0, 0.1) is 0 Å². The third-order valence-corrected chi connectivity index (χ3v) is 3.88. The van der Waals surface area contributed by atoms with E-state index in [0.29, 0.717) is 17.7 Å². The first-order valence-electron chi connectivity index (χ1n) is 7.11. The molecule has 6 heteroatoms. The molecular formula is C14H22ClN3O2. The molecule has 1 fully saturated rings. The van der Waals surface area contributed by atoms with Crippen LogP contribution in [0.2, 0.25) is 5.15 Å². The Hall–Kier alpha value is -0.910. The number of hydrogen-bond donors (Lipinski definition) is 1. The van der Waals surface area contributed by atoms with Gasteiger partial charge in [-0.25, -0.2) is 9.97 Å². The molecule has 0 atom stereocenters. The van der Waals surface area contributed by atoms with Crippen LogP contribution in [0.1, 0.15) is 38.2 Å². The maximum absolute atomic E-state index is 8.79. The number of hydrogen-bond acceptors (Lipinski definition) is 5. The fourth-order valence-corrected chi connectivity index (χ4v) is 2.91. The van der Waals surface area contributed by atoms with Crippen molar-refractivity contribution in [3.63, 3.8) is 0 Å². The Morgan fingerprint density at radius 3 is 2.70 bits per heavy atom. The van der Waals surface area contributed by atoms with Crippen LogP contribution in [0.3, 0.4) is 0 Å². The average Bonchev–Trinajstić information content (AvgIpc) is 2.45. The van der Waals surface area contributed by atoms with Crippen molar-refractivity contribution in [3.05, 3.63) is 17.0 Å². The molecule has 0 unspecified atom stereocenters. The second-order valence-electron chi connectivity index (χ2n) is 5.34. The van der Waals surface area contributed by atoms with Crippen molar-refractivity contribution in [2.75, 3.05) is 31.2 Å². The minimum atomic E-state index is 0.0826. The maximum atomic E-state index is 8.79. The fourth-order valence-electron chi connectivity index (χ4n) is 2.57. The Morgan fingerprint density at radius 1 is 1.40 bits per heavy atom. The van der Waals surface area contributed by atoms with Crippen molar-refractivity contribution in [2.45, 2.75) is 38.7 Å². The highest BCUT2D eigenvalue weighted by Gasteiger charge is 2.24. The molecule has 1 aliphatic rings. The number of aliphatic hydroxyl groups excluding tert-OH is 1. The van der Waals surface area contributed by atoms with Gasteiger partial charge in [-0.15, -0.1) is 0 Å². The van der Waals surface area contributed by atoms with Crippen molar-refractivity contribution >= 4 is 17.4 Å². The summed E-state index contributed by atoms with van der Waals surface area (Å²) in [5.74, 6) is 1.24. The summed E-state index contributed by atoms with van der Waals surface area (Å²) in [6, 6.07) is 0. The lowest BCUT2D eigenvalue weighted by Crippen LogP contribution is -2.38. The standard InChI is InChI=1S/C14H22ClN3O2/c1-10(2)12-13(15)16-9-17-14(12)18-5-3-11(4-6-18)20-8-7-19/h9-11,19H,3-8H2,1-2H3. The molecule has 1 aromatic heterocycles. The van der Waals surface area contributed by atoms with Gasteiger partial charge in [0.15, 0.2) is 0 Å². The van der Waals surface area contributed by atoms with E-state index in [1.165, 1.54) is 6.33 Å². The number of aromatic nitrogens is 2. The van der Waals surface area contributed by atoms with Gasteiger partial charge in [-0.3, -0.25) is 0 Å². The molecule has 1 saturated heterocycles. The van der Waals surface area contributed by atoms with Crippen molar-refractivity contribution in [3.8, 4) is 0 Å². The number of aliphatic hydroxyl groups is 1. The quantitative estimate of drug-likeness (QED) is 0.845. The molecule has 0 saturated carbocycles. The van der Waals surface area contributed by atoms with Gasteiger partial charge in [0.25, 0.3) is 0 Å². The van der Waals surface area contributed by atoms with Gasteiger partial charge in [0.05, 0.1) is 19.3 Å². The first-order valence-corrected chi connectivity index (χ1v) is 7.49. The second-order valence-corrected chi connectivity index (χ2v) is 5.70. The summed E-state index contributed by atoms with van der Waals surface area (Å²) < 4.78 is 5.58. The molecule has 0 radical (unpaired) electrons. The predicted octanol–water partition coefficient (Wildman–Crippen LogP) is 2.23. The van der Waals surface area contributed by atoms with Crippen LogP contribution in [-0.4, -0.2) is 47.5 Å². The molecule has 0 amide bonds. The topological polar surface area (TPSA) is 58.5 Å². The number of rotatable bonds is 5. The molecule has 20 heavy (non-hydrogen) atoms. The molecule has 1 aliphatic heterocycles. The Kier molecular flexibility index (Phi) is 5.57. The lowest BCUT2D eigenvalue weighted by atomic mass is 10.0. The molecule has 0 bridgehead atoms. The van der Waals surface area contributed by atoms with Crippen LogP contribution in [0.25, 0.3) is 0 Å². The lowest BCUT2D eigenvalue weighted by molar-refractivity contribution is 0.0158. The highest BCUT2D eigenvalue weighted by atomic mass is 35.5. The number of halogens is 1. The van der Waals surface area contributed by atoms with Crippen molar-refractivity contribution in [1.29, 1.82) is 0 Å². The molecule has 0 spiro atoms. The zero-order valence-electron chi connectivity index (χ0n) is 12.0. The van der Waals surface area contributed by atoms with Gasteiger partial charge < -0.3 is 14.7 Å². The molecular weight excluding hydrogens is 278 g/mol. The predicted molar refractivity (Wildman–Crippen MR) is 79.4 cm³/mol. The molecule has 2 rings (SSSR count). The fraction of sp³-hybridized carbons (Fsp3) is 0.714. The van der Waals surface area contributed by atoms with E-state index in [4.69, 9.17) is 21.4 Å². The number of ether oxygens (including phenoxy) is 1. The van der Waals surface area contributed by atoms with Gasteiger partial charge in [-0.1, -0.05) is 25.4 Å². The lowest BCUT2D eigenvalue weighted by Gasteiger charge is -2.34. The summed E-state index contributed by atoms with van der Waals surface area (Å²) in [5.41, 5.74) is 1.02. The molecule has 5 nitrogen and oxygen atoms in total.